The Kier molecular flexibility index (Phi) is 4.34. The number of hydrogen-bond acceptors (Lipinski definition) is 2. The van der Waals surface area contributed by atoms with Crippen molar-refractivity contribution < 1.29 is 4.79 Å². The molecule has 3 nitrogen and oxygen atoms in total. The molecule has 2 N–H and O–H groups in total. The Balaban J connectivity index is 1.63. The van der Waals surface area contributed by atoms with Crippen LogP contribution in [0, 0.1) is 5.92 Å². The molecule has 1 amide bonds. The molecule has 3 aliphatic rings. The number of piperidine rings is 1. The van der Waals surface area contributed by atoms with Crippen molar-refractivity contribution in [3.8, 4) is 0 Å². The molecule has 0 spiro atoms. The van der Waals surface area contributed by atoms with E-state index in [0.717, 1.165) is 25.3 Å². The summed E-state index contributed by atoms with van der Waals surface area (Å²) in [6.45, 7) is 0.982. The molecule has 3 rings (SSSR count). The maximum Gasteiger partial charge on any atom is 0.224 e. The summed E-state index contributed by atoms with van der Waals surface area (Å²) in [5.41, 5.74) is 6.29. The summed E-state index contributed by atoms with van der Waals surface area (Å²) in [5, 5.41) is 0. The van der Waals surface area contributed by atoms with Crippen molar-refractivity contribution in [1.82, 2.24) is 4.90 Å². The molecule has 3 heteroatoms. The van der Waals surface area contributed by atoms with Crippen LogP contribution in [0.5, 0.6) is 0 Å². The smallest absolute Gasteiger partial charge is 0.224 e. The van der Waals surface area contributed by atoms with Crippen LogP contribution in [-0.2, 0) is 4.79 Å². The Labute approximate surface area is 123 Å². The predicted molar refractivity (Wildman–Crippen MR) is 81.3 cm³/mol. The van der Waals surface area contributed by atoms with Crippen molar-refractivity contribution in [2.24, 2.45) is 11.7 Å². The van der Waals surface area contributed by atoms with Crippen molar-refractivity contribution in [2.75, 3.05) is 6.54 Å². The first-order valence-corrected chi connectivity index (χ1v) is 8.76. The fourth-order valence-electron chi connectivity index (χ4n) is 4.77. The molecule has 0 aromatic rings. The summed E-state index contributed by atoms with van der Waals surface area (Å²) in [6.07, 6.45) is 14.1. The number of hydrogen-bond donors (Lipinski definition) is 1. The maximum absolute atomic E-state index is 12.8. The zero-order valence-corrected chi connectivity index (χ0v) is 12.8. The molecule has 1 heterocycles. The highest BCUT2D eigenvalue weighted by atomic mass is 16.2. The van der Waals surface area contributed by atoms with E-state index >= 15 is 0 Å². The average Bonchev–Trinajstić information content (AvgIpc) is 2.47. The van der Waals surface area contributed by atoms with Gasteiger partial charge >= 0.3 is 0 Å². The number of amides is 1. The summed E-state index contributed by atoms with van der Waals surface area (Å²) < 4.78 is 0. The third-order valence-electron chi connectivity index (χ3n) is 5.92. The van der Waals surface area contributed by atoms with Crippen LogP contribution in [0.15, 0.2) is 0 Å². The fraction of sp³-hybridized carbons (Fsp3) is 0.941. The van der Waals surface area contributed by atoms with Gasteiger partial charge in [0.2, 0.25) is 5.91 Å². The van der Waals surface area contributed by atoms with Gasteiger partial charge in [-0.05, 0) is 44.4 Å². The molecule has 20 heavy (non-hydrogen) atoms. The van der Waals surface area contributed by atoms with Gasteiger partial charge in [-0.2, -0.15) is 0 Å². The maximum atomic E-state index is 12.8. The van der Waals surface area contributed by atoms with E-state index in [4.69, 9.17) is 5.73 Å². The van der Waals surface area contributed by atoms with Crippen LogP contribution in [0.4, 0.5) is 0 Å². The van der Waals surface area contributed by atoms with Gasteiger partial charge in [0.25, 0.3) is 0 Å². The van der Waals surface area contributed by atoms with Gasteiger partial charge < -0.3 is 10.6 Å². The van der Waals surface area contributed by atoms with Crippen molar-refractivity contribution in [3.05, 3.63) is 0 Å². The van der Waals surface area contributed by atoms with Gasteiger partial charge in [-0.15, -0.1) is 0 Å². The molecular weight excluding hydrogens is 248 g/mol. The first-order chi connectivity index (χ1) is 9.68. The minimum atomic E-state index is -0.197. The van der Waals surface area contributed by atoms with Crippen molar-refractivity contribution in [2.45, 2.75) is 88.6 Å². The van der Waals surface area contributed by atoms with Crippen molar-refractivity contribution in [1.29, 1.82) is 0 Å². The number of rotatable bonds is 2. The predicted octanol–water partition coefficient (Wildman–Crippen LogP) is 3.22. The van der Waals surface area contributed by atoms with E-state index in [0.29, 0.717) is 18.4 Å². The van der Waals surface area contributed by atoms with E-state index in [1.165, 1.54) is 57.8 Å². The largest absolute Gasteiger partial charge is 0.339 e. The molecule has 0 aromatic carbocycles. The number of fused-ring (bicyclic) bond motifs is 1. The first kappa shape index (κ1) is 14.4. The molecule has 114 valence electrons. The second-order valence-electron chi connectivity index (χ2n) is 7.44. The van der Waals surface area contributed by atoms with Crippen LogP contribution in [0.2, 0.25) is 0 Å². The zero-order chi connectivity index (χ0) is 14.0. The van der Waals surface area contributed by atoms with E-state index in [1.807, 2.05) is 0 Å². The number of carbonyl (C=O) groups excluding carboxylic acids is 1. The van der Waals surface area contributed by atoms with Gasteiger partial charge in [-0.1, -0.05) is 32.1 Å². The van der Waals surface area contributed by atoms with Gasteiger partial charge in [-0.3, -0.25) is 4.79 Å². The van der Waals surface area contributed by atoms with E-state index in [2.05, 4.69) is 4.90 Å². The zero-order valence-electron chi connectivity index (χ0n) is 12.8. The van der Waals surface area contributed by atoms with Gasteiger partial charge in [-0.25, -0.2) is 0 Å². The fourth-order valence-corrected chi connectivity index (χ4v) is 4.77. The molecule has 1 aliphatic heterocycles. The standard InChI is InChI=1S/C17H30N2O/c18-17(10-4-1-5-11-17)13-16(20)19-12-6-8-14-7-2-3-9-15(14)19/h14-15H,1-13,18H2/t14-,15-/m1/s1. The number of nitrogens with zero attached hydrogens (tertiary/aromatic N) is 1. The van der Waals surface area contributed by atoms with Crippen LogP contribution in [-0.4, -0.2) is 28.9 Å². The molecular formula is C17H30N2O. The Morgan fingerprint density at radius 1 is 1.00 bits per heavy atom. The second kappa shape index (κ2) is 6.05. The first-order valence-electron chi connectivity index (χ1n) is 8.76. The Morgan fingerprint density at radius 2 is 1.70 bits per heavy atom. The van der Waals surface area contributed by atoms with Crippen LogP contribution in [0.25, 0.3) is 0 Å². The molecule has 2 aliphatic carbocycles. The monoisotopic (exact) mass is 278 g/mol. The van der Waals surface area contributed by atoms with Gasteiger partial charge in [0.1, 0.15) is 0 Å². The minimum absolute atomic E-state index is 0.197. The lowest BCUT2D eigenvalue weighted by Gasteiger charge is -2.45. The second-order valence-corrected chi connectivity index (χ2v) is 7.44. The van der Waals surface area contributed by atoms with Gasteiger partial charge in [0.05, 0.1) is 0 Å². The van der Waals surface area contributed by atoms with E-state index < -0.39 is 0 Å². The number of likely N-dealkylation sites (tertiary alicyclic amines) is 1. The number of carbonyl (C=O) groups is 1. The normalized spacial score (nSPS) is 33.5. The third-order valence-corrected chi connectivity index (χ3v) is 5.92. The van der Waals surface area contributed by atoms with Crippen LogP contribution in [0.1, 0.15) is 77.0 Å². The molecule has 0 radical (unpaired) electrons. The lowest BCUT2D eigenvalue weighted by molar-refractivity contribution is -0.139. The highest BCUT2D eigenvalue weighted by molar-refractivity contribution is 5.78. The van der Waals surface area contributed by atoms with Crippen molar-refractivity contribution >= 4 is 5.91 Å². The molecule has 2 saturated carbocycles. The molecule has 0 unspecified atom stereocenters. The third kappa shape index (κ3) is 3.03. The van der Waals surface area contributed by atoms with Crippen molar-refractivity contribution in [3.63, 3.8) is 0 Å². The van der Waals surface area contributed by atoms with Gasteiger partial charge in [0, 0.05) is 24.5 Å². The Bertz CT molecular complexity index is 347. The summed E-state index contributed by atoms with van der Waals surface area (Å²) in [5.74, 6) is 1.13. The molecule has 2 atom stereocenters. The molecule has 1 saturated heterocycles. The minimum Gasteiger partial charge on any atom is -0.339 e. The van der Waals surface area contributed by atoms with E-state index in [1.54, 1.807) is 0 Å². The summed E-state index contributed by atoms with van der Waals surface area (Å²) >= 11 is 0. The average molecular weight is 278 g/mol. The topological polar surface area (TPSA) is 46.3 Å². The molecule has 0 bridgehead atoms. The van der Waals surface area contributed by atoms with Crippen LogP contribution >= 0.6 is 0 Å². The van der Waals surface area contributed by atoms with Crippen LogP contribution < -0.4 is 5.73 Å². The van der Waals surface area contributed by atoms with Gasteiger partial charge in [0.15, 0.2) is 0 Å². The highest BCUT2D eigenvalue weighted by Crippen LogP contribution is 2.37. The quantitative estimate of drug-likeness (QED) is 0.843. The Hall–Kier alpha value is -0.570. The SMILES string of the molecule is NC1(CC(=O)N2CCC[C@H]3CCCC[C@H]32)CCCCC1. The number of nitrogens with two attached hydrogens (primary N) is 1. The van der Waals surface area contributed by atoms with E-state index in [-0.39, 0.29) is 5.54 Å². The Morgan fingerprint density at radius 3 is 2.50 bits per heavy atom. The highest BCUT2D eigenvalue weighted by Gasteiger charge is 2.38. The van der Waals surface area contributed by atoms with E-state index in [9.17, 15) is 4.79 Å². The lowest BCUT2D eigenvalue weighted by Crippen LogP contribution is -2.53. The lowest BCUT2D eigenvalue weighted by atomic mass is 9.76. The molecule has 3 fully saturated rings. The molecule has 0 aromatic heterocycles. The summed E-state index contributed by atoms with van der Waals surface area (Å²) in [7, 11) is 0. The summed E-state index contributed by atoms with van der Waals surface area (Å²) in [4.78, 5) is 15.0. The van der Waals surface area contributed by atoms with Crippen LogP contribution in [0.3, 0.4) is 0 Å². The summed E-state index contributed by atoms with van der Waals surface area (Å²) in [6, 6.07) is 0.539.